The van der Waals surface area contributed by atoms with Gasteiger partial charge in [-0.1, -0.05) is 0 Å². The molecular formula is C9H5F13O. The maximum absolute atomic E-state index is 13.1. The monoisotopic (exact) mass is 376 g/mol. The summed E-state index contributed by atoms with van der Waals surface area (Å²) in [5, 5.41) is 0. The first-order valence-electron chi connectivity index (χ1n) is 5.38. The smallest absolute Gasteiger partial charge is 0.363 e. The Morgan fingerprint density at radius 1 is 0.565 bits per heavy atom. The van der Waals surface area contributed by atoms with Crippen LogP contribution in [0.4, 0.5) is 57.1 Å². The molecule has 14 heteroatoms. The number of alkyl halides is 13. The Bertz CT molecular complexity index is 465. The second-order valence-corrected chi connectivity index (χ2v) is 4.68. The standard InChI is InChI=1S/C9H5F13O/c1-2-3(23-2)4(10,11)5(12,13)6(14,15)7(16,17)8(18,19)9(20,21)22/h2-3H,1H3. The van der Waals surface area contributed by atoms with Crippen molar-refractivity contribution in [2.45, 2.75) is 54.9 Å². The highest BCUT2D eigenvalue weighted by Gasteiger charge is 2.92. The molecule has 2 atom stereocenters. The summed E-state index contributed by atoms with van der Waals surface area (Å²) in [6.45, 7) is 0.634. The fourth-order valence-electron chi connectivity index (χ4n) is 1.53. The Morgan fingerprint density at radius 3 is 1.13 bits per heavy atom. The molecule has 0 aromatic heterocycles. The third-order valence-corrected chi connectivity index (χ3v) is 3.03. The van der Waals surface area contributed by atoms with Gasteiger partial charge in [-0.25, -0.2) is 0 Å². The summed E-state index contributed by atoms with van der Waals surface area (Å²) in [6.07, 6.45) is -12.3. The van der Waals surface area contributed by atoms with Crippen LogP contribution in [0, 0.1) is 0 Å². The van der Waals surface area contributed by atoms with Crippen LogP contribution in [0.25, 0.3) is 0 Å². The molecule has 0 bridgehead atoms. The lowest BCUT2D eigenvalue weighted by Gasteiger charge is -2.39. The van der Waals surface area contributed by atoms with Crippen LogP contribution in [0.1, 0.15) is 6.92 Å². The van der Waals surface area contributed by atoms with E-state index in [0.29, 0.717) is 6.92 Å². The largest absolute Gasteiger partial charge is 0.460 e. The molecule has 0 aromatic rings. The molecule has 0 saturated carbocycles. The van der Waals surface area contributed by atoms with Crippen molar-refractivity contribution in [3.8, 4) is 0 Å². The molecule has 1 saturated heterocycles. The molecule has 0 N–H and O–H groups in total. The van der Waals surface area contributed by atoms with E-state index in [1.165, 1.54) is 0 Å². The first kappa shape index (κ1) is 20.1. The van der Waals surface area contributed by atoms with E-state index >= 15 is 0 Å². The average molecular weight is 376 g/mol. The second-order valence-electron chi connectivity index (χ2n) is 4.68. The molecule has 1 aliphatic rings. The van der Waals surface area contributed by atoms with Crippen LogP contribution in [0.5, 0.6) is 0 Å². The zero-order valence-corrected chi connectivity index (χ0v) is 10.5. The molecule has 0 aromatic carbocycles. The summed E-state index contributed by atoms with van der Waals surface area (Å²) in [7, 11) is 0. The van der Waals surface area contributed by atoms with E-state index in [1.807, 2.05) is 0 Å². The van der Waals surface area contributed by atoms with Crippen LogP contribution in [0.2, 0.25) is 0 Å². The number of hydrogen-bond acceptors (Lipinski definition) is 1. The van der Waals surface area contributed by atoms with Gasteiger partial charge in [0.1, 0.15) is 0 Å². The van der Waals surface area contributed by atoms with E-state index in [0.717, 1.165) is 0 Å². The first-order chi connectivity index (χ1) is 9.77. The molecule has 1 heterocycles. The van der Waals surface area contributed by atoms with Gasteiger partial charge in [0.25, 0.3) is 0 Å². The summed E-state index contributed by atoms with van der Waals surface area (Å²) >= 11 is 0. The van der Waals surface area contributed by atoms with E-state index in [1.54, 1.807) is 0 Å². The fourth-order valence-corrected chi connectivity index (χ4v) is 1.53. The molecule has 1 nitrogen and oxygen atoms in total. The summed E-state index contributed by atoms with van der Waals surface area (Å²) in [6, 6.07) is 0. The van der Waals surface area contributed by atoms with Crippen molar-refractivity contribution >= 4 is 0 Å². The predicted octanol–water partition coefficient (Wildman–Crippen LogP) is 4.51. The lowest BCUT2D eigenvalue weighted by atomic mass is 9.92. The van der Waals surface area contributed by atoms with Crippen LogP contribution in [-0.4, -0.2) is 48.0 Å². The molecule has 138 valence electrons. The van der Waals surface area contributed by atoms with E-state index in [2.05, 4.69) is 4.74 Å². The van der Waals surface area contributed by atoms with Gasteiger partial charge in [0.2, 0.25) is 0 Å². The van der Waals surface area contributed by atoms with Gasteiger partial charge in [0, 0.05) is 0 Å². The molecule has 1 fully saturated rings. The number of halogens is 13. The van der Waals surface area contributed by atoms with Crippen molar-refractivity contribution in [1.29, 1.82) is 0 Å². The highest BCUT2D eigenvalue weighted by atomic mass is 19.4. The molecular weight excluding hydrogens is 371 g/mol. The maximum Gasteiger partial charge on any atom is 0.460 e. The van der Waals surface area contributed by atoms with E-state index in [9.17, 15) is 57.1 Å². The molecule has 0 aliphatic carbocycles. The van der Waals surface area contributed by atoms with Gasteiger partial charge in [-0.2, -0.15) is 57.1 Å². The van der Waals surface area contributed by atoms with Crippen LogP contribution in [0.3, 0.4) is 0 Å². The van der Waals surface area contributed by atoms with Crippen LogP contribution in [-0.2, 0) is 4.74 Å². The van der Waals surface area contributed by atoms with Crippen LogP contribution in [0.15, 0.2) is 0 Å². The van der Waals surface area contributed by atoms with Crippen LogP contribution < -0.4 is 0 Å². The zero-order chi connectivity index (χ0) is 18.9. The van der Waals surface area contributed by atoms with E-state index < -0.39 is 48.0 Å². The normalized spacial score (nSPS) is 24.8. The number of epoxide rings is 1. The van der Waals surface area contributed by atoms with Gasteiger partial charge >= 0.3 is 35.8 Å². The van der Waals surface area contributed by atoms with Gasteiger partial charge in [-0.15, -0.1) is 0 Å². The van der Waals surface area contributed by atoms with Crippen molar-refractivity contribution in [1.82, 2.24) is 0 Å². The Kier molecular flexibility index (Phi) is 4.18. The number of hydrogen-bond donors (Lipinski definition) is 0. The van der Waals surface area contributed by atoms with E-state index in [-0.39, 0.29) is 0 Å². The predicted molar refractivity (Wildman–Crippen MR) is 45.1 cm³/mol. The molecule has 1 rings (SSSR count). The van der Waals surface area contributed by atoms with Gasteiger partial charge in [0.05, 0.1) is 6.10 Å². The minimum Gasteiger partial charge on any atom is -0.363 e. The Morgan fingerprint density at radius 2 is 0.870 bits per heavy atom. The number of rotatable bonds is 5. The summed E-state index contributed by atoms with van der Waals surface area (Å²) in [5.74, 6) is -36.7. The van der Waals surface area contributed by atoms with Crippen molar-refractivity contribution in [2.24, 2.45) is 0 Å². The highest BCUT2D eigenvalue weighted by molar-refractivity contribution is 5.14. The van der Waals surface area contributed by atoms with Crippen molar-refractivity contribution in [2.75, 3.05) is 0 Å². The lowest BCUT2D eigenvalue weighted by molar-refractivity contribution is -0.440. The van der Waals surface area contributed by atoms with E-state index in [4.69, 9.17) is 0 Å². The quantitative estimate of drug-likeness (QED) is 0.508. The lowest BCUT2D eigenvalue weighted by Crippen LogP contribution is -2.70. The maximum atomic E-state index is 13.1. The minimum atomic E-state index is -7.86. The van der Waals surface area contributed by atoms with Gasteiger partial charge < -0.3 is 4.74 Å². The van der Waals surface area contributed by atoms with Crippen molar-refractivity contribution in [3.05, 3.63) is 0 Å². The first-order valence-corrected chi connectivity index (χ1v) is 5.38. The van der Waals surface area contributed by atoms with Crippen LogP contribution >= 0.6 is 0 Å². The average Bonchev–Trinajstić information content (AvgIpc) is 3.04. The Labute approximate surface area is 118 Å². The van der Waals surface area contributed by atoms with Gasteiger partial charge in [0.15, 0.2) is 6.10 Å². The second kappa shape index (κ2) is 4.79. The number of ether oxygens (including phenoxy) is 1. The summed E-state index contributed by atoms with van der Waals surface area (Å²) in [5.41, 5.74) is 0. The summed E-state index contributed by atoms with van der Waals surface area (Å²) < 4.78 is 168. The molecule has 0 radical (unpaired) electrons. The molecule has 0 amide bonds. The third kappa shape index (κ3) is 2.43. The zero-order valence-electron chi connectivity index (χ0n) is 10.5. The highest BCUT2D eigenvalue weighted by Crippen LogP contribution is 2.62. The minimum absolute atomic E-state index is 0.634. The van der Waals surface area contributed by atoms with Crippen molar-refractivity contribution in [3.63, 3.8) is 0 Å². The topological polar surface area (TPSA) is 12.5 Å². The third-order valence-electron chi connectivity index (χ3n) is 3.03. The Balaban J connectivity index is 3.38. The summed E-state index contributed by atoms with van der Waals surface area (Å²) in [4.78, 5) is 0. The Hall–Kier alpha value is -0.950. The fraction of sp³-hybridized carbons (Fsp3) is 1.00. The van der Waals surface area contributed by atoms with Gasteiger partial charge in [-0.05, 0) is 6.92 Å². The molecule has 1 aliphatic heterocycles. The van der Waals surface area contributed by atoms with Crippen molar-refractivity contribution < 1.29 is 61.8 Å². The van der Waals surface area contributed by atoms with Gasteiger partial charge in [-0.3, -0.25) is 0 Å². The molecule has 0 spiro atoms. The SMILES string of the molecule is CC1OC1C(F)(F)C(F)(F)C(F)(F)C(F)(F)C(F)(F)C(F)(F)F. The molecule has 23 heavy (non-hydrogen) atoms. The molecule has 2 unspecified atom stereocenters.